The largest absolute Gasteiger partial charge is 0.481 e. The SMILES string of the molecule is CCc1ccccc1O[C@H](C)C(=O)NCCN(C)C. The van der Waals surface area contributed by atoms with E-state index in [1.807, 2.05) is 43.3 Å². The lowest BCUT2D eigenvalue weighted by Gasteiger charge is -2.17. The Hall–Kier alpha value is -1.55. The molecule has 0 saturated carbocycles. The zero-order chi connectivity index (χ0) is 14.3. The Labute approximate surface area is 115 Å². The highest BCUT2D eigenvalue weighted by Gasteiger charge is 2.15. The summed E-state index contributed by atoms with van der Waals surface area (Å²) in [6.45, 7) is 5.31. The number of aryl methyl sites for hydroxylation is 1. The second kappa shape index (κ2) is 7.79. The van der Waals surface area contributed by atoms with Gasteiger partial charge in [-0.1, -0.05) is 25.1 Å². The second-order valence-corrected chi connectivity index (χ2v) is 4.82. The highest BCUT2D eigenvalue weighted by Crippen LogP contribution is 2.19. The first-order valence-electron chi connectivity index (χ1n) is 6.71. The fourth-order valence-corrected chi connectivity index (χ4v) is 1.70. The van der Waals surface area contributed by atoms with Crippen LogP contribution in [0.2, 0.25) is 0 Å². The molecule has 0 aliphatic carbocycles. The molecule has 1 amide bonds. The molecular formula is C15H24N2O2. The molecule has 0 aromatic heterocycles. The van der Waals surface area contributed by atoms with Crippen molar-refractivity contribution in [3.05, 3.63) is 29.8 Å². The molecule has 0 bridgehead atoms. The van der Waals surface area contributed by atoms with Crippen molar-refractivity contribution in [3.63, 3.8) is 0 Å². The number of carbonyl (C=O) groups is 1. The lowest BCUT2D eigenvalue weighted by Crippen LogP contribution is -2.39. The number of benzene rings is 1. The number of carbonyl (C=O) groups excluding carboxylic acids is 1. The van der Waals surface area contributed by atoms with E-state index in [4.69, 9.17) is 4.74 Å². The van der Waals surface area contributed by atoms with Gasteiger partial charge in [-0.05, 0) is 39.1 Å². The first kappa shape index (κ1) is 15.5. The molecule has 19 heavy (non-hydrogen) atoms. The molecule has 0 aliphatic heterocycles. The maximum Gasteiger partial charge on any atom is 0.260 e. The van der Waals surface area contributed by atoms with Crippen LogP contribution in [0.5, 0.6) is 5.75 Å². The van der Waals surface area contributed by atoms with Crippen LogP contribution in [0.3, 0.4) is 0 Å². The number of nitrogens with one attached hydrogen (secondary N) is 1. The van der Waals surface area contributed by atoms with Crippen LogP contribution in [-0.2, 0) is 11.2 Å². The first-order valence-corrected chi connectivity index (χ1v) is 6.71. The summed E-state index contributed by atoms with van der Waals surface area (Å²) in [5.41, 5.74) is 1.12. The summed E-state index contributed by atoms with van der Waals surface area (Å²) < 4.78 is 5.73. The van der Waals surface area contributed by atoms with Crippen LogP contribution in [0.4, 0.5) is 0 Å². The van der Waals surface area contributed by atoms with Gasteiger partial charge in [0.15, 0.2) is 6.10 Å². The molecule has 106 valence electrons. The second-order valence-electron chi connectivity index (χ2n) is 4.82. The molecule has 4 heteroatoms. The van der Waals surface area contributed by atoms with Gasteiger partial charge >= 0.3 is 0 Å². The van der Waals surface area contributed by atoms with E-state index in [1.54, 1.807) is 6.92 Å². The highest BCUT2D eigenvalue weighted by molar-refractivity contribution is 5.80. The fraction of sp³-hybridized carbons (Fsp3) is 0.533. The van der Waals surface area contributed by atoms with Gasteiger partial charge in [-0.25, -0.2) is 0 Å². The van der Waals surface area contributed by atoms with E-state index in [0.29, 0.717) is 6.54 Å². The number of amides is 1. The minimum Gasteiger partial charge on any atom is -0.481 e. The predicted octanol–water partition coefficient (Wildman–Crippen LogP) is 1.69. The van der Waals surface area contributed by atoms with Gasteiger partial charge in [0, 0.05) is 13.1 Å². The summed E-state index contributed by atoms with van der Waals surface area (Å²) >= 11 is 0. The minimum absolute atomic E-state index is 0.0762. The quantitative estimate of drug-likeness (QED) is 0.815. The zero-order valence-corrected chi connectivity index (χ0v) is 12.3. The van der Waals surface area contributed by atoms with Crippen molar-refractivity contribution in [2.75, 3.05) is 27.2 Å². The van der Waals surface area contributed by atoms with E-state index < -0.39 is 6.10 Å². The van der Waals surface area contributed by atoms with Gasteiger partial charge in [-0.3, -0.25) is 4.79 Å². The Morgan fingerprint density at radius 1 is 1.37 bits per heavy atom. The third kappa shape index (κ3) is 5.30. The Bertz CT molecular complexity index is 405. The van der Waals surface area contributed by atoms with E-state index >= 15 is 0 Å². The zero-order valence-electron chi connectivity index (χ0n) is 12.3. The van der Waals surface area contributed by atoms with Crippen LogP contribution in [0.1, 0.15) is 19.4 Å². The first-order chi connectivity index (χ1) is 9.04. The minimum atomic E-state index is -0.477. The molecule has 0 unspecified atom stereocenters. The summed E-state index contributed by atoms with van der Waals surface area (Å²) in [5.74, 6) is 0.716. The van der Waals surface area contributed by atoms with Crippen molar-refractivity contribution < 1.29 is 9.53 Å². The van der Waals surface area contributed by atoms with Crippen LogP contribution in [0, 0.1) is 0 Å². The number of hydrogen-bond donors (Lipinski definition) is 1. The van der Waals surface area contributed by atoms with E-state index in [2.05, 4.69) is 12.2 Å². The topological polar surface area (TPSA) is 41.6 Å². The molecule has 0 saturated heterocycles. The van der Waals surface area contributed by atoms with Gasteiger partial charge in [-0.15, -0.1) is 0 Å². The Morgan fingerprint density at radius 3 is 2.68 bits per heavy atom. The molecule has 4 nitrogen and oxygen atoms in total. The van der Waals surface area contributed by atoms with Crippen LogP contribution >= 0.6 is 0 Å². The van der Waals surface area contributed by atoms with Crippen molar-refractivity contribution in [1.29, 1.82) is 0 Å². The lowest BCUT2D eigenvalue weighted by atomic mass is 10.1. The van der Waals surface area contributed by atoms with Crippen LogP contribution < -0.4 is 10.1 Å². The number of rotatable bonds is 7. The fourth-order valence-electron chi connectivity index (χ4n) is 1.70. The van der Waals surface area contributed by atoms with E-state index in [-0.39, 0.29) is 5.91 Å². The number of likely N-dealkylation sites (N-methyl/N-ethyl adjacent to an activating group) is 1. The average molecular weight is 264 g/mol. The van der Waals surface area contributed by atoms with Gasteiger partial charge in [0.05, 0.1) is 0 Å². The van der Waals surface area contributed by atoms with Crippen molar-refractivity contribution >= 4 is 5.91 Å². The van der Waals surface area contributed by atoms with Crippen molar-refractivity contribution in [3.8, 4) is 5.75 Å². The normalized spacial score (nSPS) is 12.3. The summed E-state index contributed by atoms with van der Waals surface area (Å²) in [6.07, 6.45) is 0.417. The number of ether oxygens (including phenoxy) is 1. The van der Waals surface area contributed by atoms with Gasteiger partial charge in [0.2, 0.25) is 0 Å². The molecular weight excluding hydrogens is 240 g/mol. The van der Waals surface area contributed by atoms with Gasteiger partial charge in [0.25, 0.3) is 5.91 Å². The van der Waals surface area contributed by atoms with E-state index in [9.17, 15) is 4.79 Å². The molecule has 1 aromatic carbocycles. The molecule has 0 fully saturated rings. The van der Waals surface area contributed by atoms with Crippen molar-refractivity contribution in [2.45, 2.75) is 26.4 Å². The molecule has 0 heterocycles. The van der Waals surface area contributed by atoms with Crippen LogP contribution in [-0.4, -0.2) is 44.1 Å². The monoisotopic (exact) mass is 264 g/mol. The van der Waals surface area contributed by atoms with Crippen molar-refractivity contribution in [2.24, 2.45) is 0 Å². The van der Waals surface area contributed by atoms with E-state index in [1.165, 1.54) is 0 Å². The molecule has 1 rings (SSSR count). The summed E-state index contributed by atoms with van der Waals surface area (Å²) in [6, 6.07) is 7.83. The maximum atomic E-state index is 11.9. The summed E-state index contributed by atoms with van der Waals surface area (Å²) in [4.78, 5) is 13.9. The summed E-state index contributed by atoms with van der Waals surface area (Å²) in [5, 5.41) is 2.87. The van der Waals surface area contributed by atoms with Gasteiger partial charge in [0.1, 0.15) is 5.75 Å². The Morgan fingerprint density at radius 2 is 2.05 bits per heavy atom. The number of nitrogens with zero attached hydrogens (tertiary/aromatic N) is 1. The van der Waals surface area contributed by atoms with E-state index in [0.717, 1.165) is 24.3 Å². The van der Waals surface area contributed by atoms with Gasteiger partial charge in [-0.2, -0.15) is 0 Å². The highest BCUT2D eigenvalue weighted by atomic mass is 16.5. The molecule has 1 aromatic rings. The molecule has 0 spiro atoms. The summed E-state index contributed by atoms with van der Waals surface area (Å²) in [7, 11) is 3.95. The molecule has 0 radical (unpaired) electrons. The lowest BCUT2D eigenvalue weighted by molar-refractivity contribution is -0.127. The third-order valence-electron chi connectivity index (χ3n) is 2.88. The van der Waals surface area contributed by atoms with Crippen LogP contribution in [0.15, 0.2) is 24.3 Å². The van der Waals surface area contributed by atoms with Crippen LogP contribution in [0.25, 0.3) is 0 Å². The Balaban J connectivity index is 2.49. The Kier molecular flexibility index (Phi) is 6.36. The number of hydrogen-bond acceptors (Lipinski definition) is 3. The molecule has 1 N–H and O–H groups in total. The maximum absolute atomic E-state index is 11.9. The molecule has 1 atom stereocenters. The predicted molar refractivity (Wildman–Crippen MR) is 77.5 cm³/mol. The van der Waals surface area contributed by atoms with Crippen molar-refractivity contribution in [1.82, 2.24) is 10.2 Å². The average Bonchev–Trinajstić information content (AvgIpc) is 2.38. The number of para-hydroxylation sites is 1. The smallest absolute Gasteiger partial charge is 0.260 e. The third-order valence-corrected chi connectivity index (χ3v) is 2.88. The standard InChI is InChI=1S/C15H24N2O2/c1-5-13-8-6-7-9-14(13)19-12(2)15(18)16-10-11-17(3)4/h6-9,12H,5,10-11H2,1-4H3,(H,16,18)/t12-/m1/s1. The molecule has 0 aliphatic rings. The van der Waals surface area contributed by atoms with Gasteiger partial charge < -0.3 is 15.0 Å².